The highest BCUT2D eigenvalue weighted by molar-refractivity contribution is 7.99. The van der Waals surface area contributed by atoms with Crippen molar-refractivity contribution in [1.82, 2.24) is 5.32 Å². The van der Waals surface area contributed by atoms with Gasteiger partial charge in [0.15, 0.2) is 0 Å². The number of nitrogens with one attached hydrogen (secondary N) is 1. The van der Waals surface area contributed by atoms with Gasteiger partial charge in [-0.2, -0.15) is 11.8 Å². The number of rotatable bonds is 6. The van der Waals surface area contributed by atoms with E-state index in [1.165, 1.54) is 11.5 Å². The highest BCUT2D eigenvalue weighted by Gasteiger charge is 2.53. The Morgan fingerprint density at radius 3 is 2.06 bits per heavy atom. The molecule has 1 nitrogen and oxygen atoms in total. The molecule has 4 saturated carbocycles. The van der Waals surface area contributed by atoms with E-state index in [1.807, 2.05) is 0 Å². The van der Waals surface area contributed by atoms with Gasteiger partial charge >= 0.3 is 0 Å². The zero-order chi connectivity index (χ0) is 12.6. The Bertz CT molecular complexity index is 254. The van der Waals surface area contributed by atoms with Crippen molar-refractivity contribution >= 4 is 11.8 Å². The summed E-state index contributed by atoms with van der Waals surface area (Å²) >= 11 is 2.14. The standard InChI is InChI=1S/C16H29NS/c1-3-17-15(11-18-4-2)16-8-12-5-13(9-16)7-14(6-12)10-16/h12-15,17H,3-11H2,1-2H3. The van der Waals surface area contributed by atoms with Gasteiger partial charge in [-0.05, 0) is 74.0 Å². The third-order valence-electron chi connectivity index (χ3n) is 5.76. The molecule has 0 aromatic rings. The second kappa shape index (κ2) is 5.36. The van der Waals surface area contributed by atoms with E-state index in [-0.39, 0.29) is 0 Å². The van der Waals surface area contributed by atoms with E-state index in [1.54, 1.807) is 38.5 Å². The number of hydrogen-bond donors (Lipinski definition) is 1. The third kappa shape index (κ3) is 2.35. The van der Waals surface area contributed by atoms with Crippen LogP contribution in [0.3, 0.4) is 0 Å². The summed E-state index contributed by atoms with van der Waals surface area (Å²) in [6, 6.07) is 0.792. The Morgan fingerprint density at radius 2 is 1.61 bits per heavy atom. The first-order valence-electron chi connectivity index (χ1n) is 8.07. The van der Waals surface area contributed by atoms with Crippen LogP contribution in [0.25, 0.3) is 0 Å². The largest absolute Gasteiger partial charge is 0.313 e. The lowest BCUT2D eigenvalue weighted by atomic mass is 9.48. The summed E-state index contributed by atoms with van der Waals surface area (Å²) in [6.45, 7) is 5.73. The molecule has 4 bridgehead atoms. The predicted octanol–water partition coefficient (Wildman–Crippen LogP) is 3.93. The molecule has 4 rings (SSSR count). The molecule has 18 heavy (non-hydrogen) atoms. The molecule has 0 spiro atoms. The van der Waals surface area contributed by atoms with Gasteiger partial charge in [0.05, 0.1) is 0 Å². The zero-order valence-corrected chi connectivity index (χ0v) is 12.9. The van der Waals surface area contributed by atoms with Crippen molar-refractivity contribution in [3.63, 3.8) is 0 Å². The van der Waals surface area contributed by atoms with E-state index in [0.717, 1.165) is 30.3 Å². The molecule has 0 aliphatic heterocycles. The highest BCUT2D eigenvalue weighted by atomic mass is 32.2. The van der Waals surface area contributed by atoms with E-state index in [9.17, 15) is 0 Å². The topological polar surface area (TPSA) is 12.0 Å². The van der Waals surface area contributed by atoms with Crippen molar-refractivity contribution in [3.05, 3.63) is 0 Å². The molecule has 104 valence electrons. The second-order valence-corrected chi connectivity index (χ2v) is 8.37. The molecule has 0 amide bonds. The summed E-state index contributed by atoms with van der Waals surface area (Å²) in [6.07, 6.45) is 9.33. The van der Waals surface area contributed by atoms with Crippen LogP contribution in [0.2, 0.25) is 0 Å². The molecule has 0 saturated heterocycles. The van der Waals surface area contributed by atoms with Crippen molar-refractivity contribution in [3.8, 4) is 0 Å². The van der Waals surface area contributed by atoms with Crippen LogP contribution < -0.4 is 5.32 Å². The maximum atomic E-state index is 3.85. The van der Waals surface area contributed by atoms with Crippen LogP contribution in [-0.4, -0.2) is 24.1 Å². The predicted molar refractivity (Wildman–Crippen MR) is 81.1 cm³/mol. The summed E-state index contributed by atoms with van der Waals surface area (Å²) < 4.78 is 0. The van der Waals surface area contributed by atoms with Crippen LogP contribution in [-0.2, 0) is 0 Å². The SMILES string of the molecule is CCNC(CSCC)C12CC3CC(CC(C3)C1)C2. The molecular formula is C16H29NS. The van der Waals surface area contributed by atoms with Gasteiger partial charge in [0.2, 0.25) is 0 Å². The molecule has 0 aromatic heterocycles. The molecule has 0 aromatic carbocycles. The van der Waals surface area contributed by atoms with E-state index < -0.39 is 0 Å². The van der Waals surface area contributed by atoms with E-state index in [2.05, 4.69) is 30.9 Å². The highest BCUT2D eigenvalue weighted by Crippen LogP contribution is 2.61. The Labute approximate surface area is 117 Å². The summed E-state index contributed by atoms with van der Waals surface area (Å²) in [5, 5.41) is 3.85. The first-order chi connectivity index (χ1) is 8.75. The van der Waals surface area contributed by atoms with Crippen molar-refractivity contribution < 1.29 is 0 Å². The van der Waals surface area contributed by atoms with E-state index >= 15 is 0 Å². The second-order valence-electron chi connectivity index (χ2n) is 7.05. The summed E-state index contributed by atoms with van der Waals surface area (Å²) in [4.78, 5) is 0. The summed E-state index contributed by atoms with van der Waals surface area (Å²) in [7, 11) is 0. The van der Waals surface area contributed by atoms with Crippen molar-refractivity contribution in [1.29, 1.82) is 0 Å². The Hall–Kier alpha value is 0.310. The minimum atomic E-state index is 0.687. The van der Waals surface area contributed by atoms with E-state index in [0.29, 0.717) is 5.41 Å². The zero-order valence-electron chi connectivity index (χ0n) is 12.1. The van der Waals surface area contributed by atoms with Crippen molar-refractivity contribution in [2.24, 2.45) is 23.2 Å². The lowest BCUT2D eigenvalue weighted by Gasteiger charge is -2.59. The summed E-state index contributed by atoms with van der Waals surface area (Å²) in [5.74, 6) is 5.88. The van der Waals surface area contributed by atoms with Gasteiger partial charge in [0, 0.05) is 11.8 Å². The van der Waals surface area contributed by atoms with Gasteiger partial charge in [-0.3, -0.25) is 0 Å². The normalized spacial score (nSPS) is 43.3. The van der Waals surface area contributed by atoms with Gasteiger partial charge in [0.25, 0.3) is 0 Å². The molecule has 1 unspecified atom stereocenters. The fourth-order valence-corrected chi connectivity index (χ4v) is 6.48. The van der Waals surface area contributed by atoms with Gasteiger partial charge in [-0.1, -0.05) is 13.8 Å². The smallest absolute Gasteiger partial charge is 0.0214 e. The number of thioether (sulfide) groups is 1. The molecule has 1 N–H and O–H groups in total. The van der Waals surface area contributed by atoms with Crippen molar-refractivity contribution in [2.75, 3.05) is 18.1 Å². The van der Waals surface area contributed by atoms with Crippen LogP contribution in [0, 0.1) is 23.2 Å². The molecule has 4 fully saturated rings. The Kier molecular flexibility index (Phi) is 3.96. The van der Waals surface area contributed by atoms with Gasteiger partial charge in [-0.15, -0.1) is 0 Å². The van der Waals surface area contributed by atoms with Crippen LogP contribution in [0.5, 0.6) is 0 Å². The van der Waals surface area contributed by atoms with E-state index in [4.69, 9.17) is 0 Å². The maximum Gasteiger partial charge on any atom is 0.0214 e. The Balaban J connectivity index is 1.75. The first kappa shape index (κ1) is 13.3. The minimum Gasteiger partial charge on any atom is -0.313 e. The quantitative estimate of drug-likeness (QED) is 0.782. The van der Waals surface area contributed by atoms with Crippen LogP contribution >= 0.6 is 11.8 Å². The number of hydrogen-bond acceptors (Lipinski definition) is 2. The fourth-order valence-electron chi connectivity index (χ4n) is 5.54. The average Bonchev–Trinajstić information content (AvgIpc) is 2.32. The van der Waals surface area contributed by atoms with Gasteiger partial charge < -0.3 is 5.32 Å². The molecule has 0 radical (unpaired) electrons. The third-order valence-corrected chi connectivity index (χ3v) is 6.74. The van der Waals surface area contributed by atoms with Crippen LogP contribution in [0.4, 0.5) is 0 Å². The van der Waals surface area contributed by atoms with Crippen molar-refractivity contribution in [2.45, 2.75) is 58.4 Å². The first-order valence-corrected chi connectivity index (χ1v) is 9.22. The molecule has 4 aliphatic rings. The van der Waals surface area contributed by atoms with Gasteiger partial charge in [0.1, 0.15) is 0 Å². The lowest BCUT2D eigenvalue weighted by Crippen LogP contribution is -2.56. The maximum absolute atomic E-state index is 3.85. The minimum absolute atomic E-state index is 0.687. The van der Waals surface area contributed by atoms with Crippen LogP contribution in [0.1, 0.15) is 52.4 Å². The van der Waals surface area contributed by atoms with Gasteiger partial charge in [-0.25, -0.2) is 0 Å². The molecule has 0 heterocycles. The average molecular weight is 267 g/mol. The Morgan fingerprint density at radius 1 is 1.06 bits per heavy atom. The fraction of sp³-hybridized carbons (Fsp3) is 1.00. The molecule has 1 atom stereocenters. The van der Waals surface area contributed by atoms with Crippen LogP contribution in [0.15, 0.2) is 0 Å². The summed E-state index contributed by atoms with van der Waals surface area (Å²) in [5.41, 5.74) is 0.687. The molecule has 2 heteroatoms. The molecule has 4 aliphatic carbocycles. The lowest BCUT2D eigenvalue weighted by molar-refractivity contribution is -0.0691. The monoisotopic (exact) mass is 267 g/mol. The molecular weight excluding hydrogens is 238 g/mol.